The predicted molar refractivity (Wildman–Crippen MR) is 129 cm³/mol. The molecule has 1 aliphatic heterocycles. The van der Waals surface area contributed by atoms with E-state index in [1.165, 1.54) is 16.8 Å². The molecular weight excluding hydrogens is 398 g/mol. The van der Waals surface area contributed by atoms with E-state index in [0.717, 1.165) is 67.2 Å². The zero-order valence-corrected chi connectivity index (χ0v) is 18.6. The van der Waals surface area contributed by atoms with Crippen molar-refractivity contribution in [2.75, 3.05) is 31.1 Å². The van der Waals surface area contributed by atoms with Gasteiger partial charge in [0, 0.05) is 68.9 Å². The molecule has 1 fully saturated rings. The molecule has 0 atom stereocenters. The molecule has 0 unspecified atom stereocenters. The van der Waals surface area contributed by atoms with Gasteiger partial charge in [0.1, 0.15) is 11.4 Å². The average molecular weight is 428 g/mol. The molecule has 3 aromatic rings. The number of allylic oxidation sites excluding steroid dienone is 2. The van der Waals surface area contributed by atoms with E-state index in [4.69, 9.17) is 0 Å². The molecule has 6 heteroatoms. The second-order valence-electron chi connectivity index (χ2n) is 8.79. The summed E-state index contributed by atoms with van der Waals surface area (Å²) in [7, 11) is 0. The highest BCUT2D eigenvalue weighted by molar-refractivity contribution is 5.91. The van der Waals surface area contributed by atoms with E-state index in [2.05, 4.69) is 38.9 Å². The van der Waals surface area contributed by atoms with Gasteiger partial charge in [0.2, 0.25) is 0 Å². The lowest BCUT2D eigenvalue weighted by molar-refractivity contribution is -0.117. The monoisotopic (exact) mass is 427 g/mol. The Hall–Kier alpha value is -3.25. The lowest BCUT2D eigenvalue weighted by Gasteiger charge is -2.32. The normalized spacial score (nSPS) is 16.0. The second-order valence-corrected chi connectivity index (χ2v) is 8.79. The molecule has 32 heavy (non-hydrogen) atoms. The number of ketones is 1. The van der Waals surface area contributed by atoms with Crippen LogP contribution >= 0.6 is 0 Å². The molecule has 0 radical (unpaired) electrons. The number of anilines is 1. The van der Waals surface area contributed by atoms with Crippen LogP contribution in [-0.4, -0.2) is 46.3 Å². The van der Waals surface area contributed by atoms with Gasteiger partial charge in [-0.25, -0.2) is 4.98 Å². The number of rotatable bonds is 6. The van der Waals surface area contributed by atoms with E-state index in [1.54, 1.807) is 0 Å². The summed E-state index contributed by atoms with van der Waals surface area (Å²) in [4.78, 5) is 24.3. The molecule has 1 saturated heterocycles. The molecule has 5 rings (SSSR count). The third kappa shape index (κ3) is 4.23. The Morgan fingerprint density at radius 3 is 2.84 bits per heavy atom. The zero-order chi connectivity index (χ0) is 22.1. The lowest BCUT2D eigenvalue weighted by Crippen LogP contribution is -2.44. The van der Waals surface area contributed by atoms with Crippen molar-refractivity contribution in [1.29, 1.82) is 0 Å². The summed E-state index contributed by atoms with van der Waals surface area (Å²) < 4.78 is 1.99. The lowest BCUT2D eigenvalue weighted by atomic mass is 9.90. The summed E-state index contributed by atoms with van der Waals surface area (Å²) in [5.74, 6) is 0.199. The van der Waals surface area contributed by atoms with Crippen LogP contribution in [0.1, 0.15) is 41.8 Å². The van der Waals surface area contributed by atoms with E-state index in [9.17, 15) is 4.79 Å². The van der Waals surface area contributed by atoms with Crippen LogP contribution in [0.3, 0.4) is 0 Å². The predicted octanol–water partition coefficient (Wildman–Crippen LogP) is 3.84. The van der Waals surface area contributed by atoms with Gasteiger partial charge in [-0.1, -0.05) is 12.2 Å². The maximum absolute atomic E-state index is 12.8. The van der Waals surface area contributed by atoms with Crippen LogP contribution in [0.15, 0.2) is 48.9 Å². The van der Waals surface area contributed by atoms with Gasteiger partial charge in [0.05, 0.1) is 11.4 Å². The van der Waals surface area contributed by atoms with Gasteiger partial charge < -0.3 is 14.6 Å². The fourth-order valence-electron chi connectivity index (χ4n) is 4.75. The van der Waals surface area contributed by atoms with E-state index in [0.29, 0.717) is 12.8 Å². The van der Waals surface area contributed by atoms with Crippen LogP contribution < -0.4 is 10.2 Å². The molecular formula is C26H29N5O. The molecule has 1 aliphatic carbocycles. The fraction of sp³-hybridized carbons (Fsp3) is 0.346. The first kappa shape index (κ1) is 20.6. The molecule has 1 N–H and O–H groups in total. The van der Waals surface area contributed by atoms with Gasteiger partial charge in [0.25, 0.3) is 0 Å². The minimum atomic E-state index is 0.199. The molecule has 0 aromatic carbocycles. The topological polar surface area (TPSA) is 62.5 Å². The van der Waals surface area contributed by atoms with Crippen LogP contribution in [0.2, 0.25) is 0 Å². The number of pyridine rings is 2. The molecule has 0 spiro atoms. The Labute approximate surface area is 188 Å². The van der Waals surface area contributed by atoms with Crippen molar-refractivity contribution >= 4 is 28.8 Å². The minimum Gasteiger partial charge on any atom is -0.369 e. The molecule has 0 bridgehead atoms. The Morgan fingerprint density at radius 2 is 2.00 bits per heavy atom. The van der Waals surface area contributed by atoms with Crippen LogP contribution in [0, 0.1) is 6.92 Å². The summed E-state index contributed by atoms with van der Waals surface area (Å²) in [6, 6.07) is 6.10. The highest BCUT2D eigenvalue weighted by Crippen LogP contribution is 2.32. The molecule has 4 heterocycles. The van der Waals surface area contributed by atoms with Crippen molar-refractivity contribution in [2.45, 2.75) is 32.6 Å². The van der Waals surface area contributed by atoms with Crippen molar-refractivity contribution in [2.24, 2.45) is 0 Å². The van der Waals surface area contributed by atoms with Crippen LogP contribution in [0.5, 0.6) is 0 Å². The van der Waals surface area contributed by atoms with Gasteiger partial charge in [-0.3, -0.25) is 9.78 Å². The van der Waals surface area contributed by atoms with Crippen LogP contribution in [-0.2, 0) is 11.2 Å². The third-order valence-corrected chi connectivity index (χ3v) is 6.37. The fourth-order valence-corrected chi connectivity index (χ4v) is 4.75. The SMILES string of the molecule is C=C(CC(=O)CC1=Cc2nccc(N3CCNCC3)c2CC1)c1ccc2nc(C)cn2c1. The number of fused-ring (bicyclic) bond motifs is 2. The van der Waals surface area contributed by atoms with Crippen LogP contribution in [0.4, 0.5) is 5.69 Å². The number of carbonyl (C=O) groups is 1. The standard InChI is InChI=1S/C26H29N5O/c1-18(21-4-6-26-29-19(2)16-31(26)17-21)13-22(32)14-20-3-5-23-24(15-20)28-8-7-25(23)30-11-9-27-10-12-30/h4,6-8,15-17,27H,1,3,5,9-14H2,2H3. The summed E-state index contributed by atoms with van der Waals surface area (Å²) in [6.07, 6.45) is 10.7. The van der Waals surface area contributed by atoms with Crippen molar-refractivity contribution in [3.05, 3.63) is 71.5 Å². The molecule has 6 nitrogen and oxygen atoms in total. The maximum Gasteiger partial charge on any atom is 0.141 e. The van der Waals surface area contributed by atoms with Crippen molar-refractivity contribution in [1.82, 2.24) is 19.7 Å². The number of carbonyl (C=O) groups excluding carboxylic acids is 1. The zero-order valence-electron chi connectivity index (χ0n) is 18.6. The van der Waals surface area contributed by atoms with Gasteiger partial charge in [0.15, 0.2) is 0 Å². The number of piperazine rings is 1. The summed E-state index contributed by atoms with van der Waals surface area (Å²) >= 11 is 0. The first-order valence-electron chi connectivity index (χ1n) is 11.3. The Kier molecular flexibility index (Phi) is 5.62. The number of nitrogens with zero attached hydrogens (tertiary/aromatic N) is 4. The van der Waals surface area contributed by atoms with E-state index >= 15 is 0 Å². The number of aryl methyl sites for hydroxylation is 1. The Balaban J connectivity index is 1.26. The largest absolute Gasteiger partial charge is 0.369 e. The van der Waals surface area contributed by atoms with Crippen molar-refractivity contribution < 1.29 is 4.79 Å². The van der Waals surface area contributed by atoms with Crippen LogP contribution in [0.25, 0.3) is 17.3 Å². The number of hydrogen-bond acceptors (Lipinski definition) is 5. The number of imidazole rings is 1. The summed E-state index contributed by atoms with van der Waals surface area (Å²) in [6.45, 7) is 10.2. The van der Waals surface area contributed by atoms with Crippen molar-refractivity contribution in [3.63, 3.8) is 0 Å². The number of aromatic nitrogens is 3. The van der Waals surface area contributed by atoms with Gasteiger partial charge in [-0.2, -0.15) is 0 Å². The highest BCUT2D eigenvalue weighted by atomic mass is 16.1. The smallest absolute Gasteiger partial charge is 0.141 e. The van der Waals surface area contributed by atoms with Gasteiger partial charge in [-0.15, -0.1) is 0 Å². The van der Waals surface area contributed by atoms with E-state index in [1.807, 2.05) is 42.0 Å². The molecule has 0 saturated carbocycles. The Morgan fingerprint density at radius 1 is 1.16 bits per heavy atom. The van der Waals surface area contributed by atoms with Gasteiger partial charge >= 0.3 is 0 Å². The van der Waals surface area contributed by atoms with E-state index < -0.39 is 0 Å². The number of hydrogen-bond donors (Lipinski definition) is 1. The summed E-state index contributed by atoms with van der Waals surface area (Å²) in [5, 5.41) is 3.41. The minimum absolute atomic E-state index is 0.199. The molecule has 164 valence electrons. The quantitative estimate of drug-likeness (QED) is 0.648. The molecule has 2 aliphatic rings. The first-order valence-corrected chi connectivity index (χ1v) is 11.3. The average Bonchev–Trinajstić information content (AvgIpc) is 3.18. The van der Waals surface area contributed by atoms with Crippen molar-refractivity contribution in [3.8, 4) is 0 Å². The Bertz CT molecular complexity index is 1220. The first-order chi connectivity index (χ1) is 15.6. The van der Waals surface area contributed by atoms with Gasteiger partial charge in [-0.05, 0) is 55.2 Å². The number of nitrogens with one attached hydrogen (secondary N) is 1. The van der Waals surface area contributed by atoms with E-state index in [-0.39, 0.29) is 5.78 Å². The molecule has 0 amide bonds. The summed E-state index contributed by atoms with van der Waals surface area (Å²) in [5.41, 5.74) is 8.52. The highest BCUT2D eigenvalue weighted by Gasteiger charge is 2.21. The second kappa shape index (κ2) is 8.71. The maximum atomic E-state index is 12.8. The third-order valence-electron chi connectivity index (χ3n) is 6.37. The number of Topliss-reactive ketones (excluding diaryl/α,β-unsaturated/α-hetero) is 1. The molecule has 3 aromatic heterocycles.